The molecule has 0 radical (unpaired) electrons. The molecule has 1 aromatic carbocycles. The van der Waals surface area contributed by atoms with E-state index in [1.807, 2.05) is 12.1 Å². The van der Waals surface area contributed by atoms with E-state index in [9.17, 15) is 4.79 Å². The third kappa shape index (κ3) is 9.53. The van der Waals surface area contributed by atoms with Gasteiger partial charge >= 0.3 is 0 Å². The van der Waals surface area contributed by atoms with Crippen LogP contribution in [0.4, 0.5) is 0 Å². The maximum atomic E-state index is 12.5. The van der Waals surface area contributed by atoms with Gasteiger partial charge in [0.2, 0.25) is 0 Å². The second-order valence-corrected chi connectivity index (χ2v) is 11.7. The lowest BCUT2D eigenvalue weighted by atomic mass is 10.0. The van der Waals surface area contributed by atoms with Crippen molar-refractivity contribution in [1.82, 2.24) is 0 Å². The van der Waals surface area contributed by atoms with E-state index in [-0.39, 0.29) is 5.78 Å². The zero-order valence-electron chi connectivity index (χ0n) is 18.6. The lowest BCUT2D eigenvalue weighted by Gasteiger charge is -2.04. The Morgan fingerprint density at radius 3 is 1.80 bits per heavy atom. The highest BCUT2D eigenvalue weighted by atomic mass is 79.9. The SMILES string of the molecule is CCCCCCCCCCCCCCCCCC(=O)c1ccc2c(Br)c(Br)sc2c1. The van der Waals surface area contributed by atoms with E-state index in [2.05, 4.69) is 44.8 Å². The number of Topliss-reactive ketones (excluding diaryl/α,β-unsaturated/α-hetero) is 1. The molecule has 0 fully saturated rings. The Labute approximate surface area is 204 Å². The number of fused-ring (bicyclic) bond motifs is 1. The van der Waals surface area contributed by atoms with E-state index >= 15 is 0 Å². The molecule has 0 aliphatic heterocycles. The van der Waals surface area contributed by atoms with Crippen molar-refractivity contribution < 1.29 is 4.79 Å². The molecule has 0 saturated heterocycles. The van der Waals surface area contributed by atoms with Gasteiger partial charge in [-0.25, -0.2) is 0 Å². The molecule has 0 saturated carbocycles. The van der Waals surface area contributed by atoms with Gasteiger partial charge < -0.3 is 0 Å². The van der Waals surface area contributed by atoms with E-state index < -0.39 is 0 Å². The Morgan fingerprint density at radius 2 is 1.27 bits per heavy atom. The molecule has 0 unspecified atom stereocenters. The van der Waals surface area contributed by atoms with Gasteiger partial charge in [0, 0.05) is 22.1 Å². The fraction of sp³-hybridized carbons (Fsp3) is 0.654. The summed E-state index contributed by atoms with van der Waals surface area (Å²) < 4.78 is 3.34. The predicted molar refractivity (Wildman–Crippen MR) is 141 cm³/mol. The number of halogens is 2. The van der Waals surface area contributed by atoms with Crippen molar-refractivity contribution in [3.63, 3.8) is 0 Å². The van der Waals surface area contributed by atoms with Gasteiger partial charge in [-0.3, -0.25) is 4.79 Å². The Hall–Kier alpha value is -0.190. The minimum absolute atomic E-state index is 0.284. The summed E-state index contributed by atoms with van der Waals surface area (Å²) in [7, 11) is 0. The van der Waals surface area contributed by atoms with Crippen LogP contribution in [0, 0.1) is 0 Å². The summed E-state index contributed by atoms with van der Waals surface area (Å²) in [4.78, 5) is 12.5. The number of carbonyl (C=O) groups is 1. The zero-order valence-corrected chi connectivity index (χ0v) is 22.6. The normalized spacial score (nSPS) is 11.4. The summed E-state index contributed by atoms with van der Waals surface area (Å²) in [5.41, 5.74) is 0.856. The average Bonchev–Trinajstić information content (AvgIpc) is 3.03. The van der Waals surface area contributed by atoms with E-state index in [0.29, 0.717) is 6.42 Å². The summed E-state index contributed by atoms with van der Waals surface area (Å²) >= 11 is 8.83. The van der Waals surface area contributed by atoms with Gasteiger partial charge in [-0.05, 0) is 44.3 Å². The number of benzene rings is 1. The van der Waals surface area contributed by atoms with Crippen LogP contribution < -0.4 is 0 Å². The first-order chi connectivity index (χ1) is 14.6. The third-order valence-electron chi connectivity index (χ3n) is 5.92. The molecule has 30 heavy (non-hydrogen) atoms. The van der Waals surface area contributed by atoms with Crippen molar-refractivity contribution in [2.75, 3.05) is 0 Å². The van der Waals surface area contributed by atoms with Gasteiger partial charge in [0.05, 0.1) is 8.26 Å². The molecule has 1 aromatic heterocycles. The molecule has 4 heteroatoms. The number of ketones is 1. The minimum Gasteiger partial charge on any atom is -0.294 e. The topological polar surface area (TPSA) is 17.1 Å². The Bertz CT molecular complexity index is 753. The largest absolute Gasteiger partial charge is 0.294 e. The maximum Gasteiger partial charge on any atom is 0.162 e. The van der Waals surface area contributed by atoms with Crippen LogP contribution >= 0.6 is 43.2 Å². The number of carbonyl (C=O) groups excluding carboxylic acids is 1. The van der Waals surface area contributed by atoms with E-state index in [1.54, 1.807) is 11.3 Å². The number of unbranched alkanes of at least 4 members (excludes halogenated alkanes) is 14. The molecule has 1 nitrogen and oxygen atoms in total. The average molecular weight is 558 g/mol. The first kappa shape index (κ1) is 26.1. The van der Waals surface area contributed by atoms with Gasteiger partial charge in [0.1, 0.15) is 0 Å². The third-order valence-corrected chi connectivity index (χ3v) is 9.36. The molecule has 0 atom stereocenters. The lowest BCUT2D eigenvalue weighted by Crippen LogP contribution is -1.98. The monoisotopic (exact) mass is 556 g/mol. The van der Waals surface area contributed by atoms with E-state index in [1.165, 1.54) is 95.3 Å². The number of rotatable bonds is 17. The smallest absolute Gasteiger partial charge is 0.162 e. The first-order valence-electron chi connectivity index (χ1n) is 12.0. The first-order valence-corrected chi connectivity index (χ1v) is 14.4. The highest BCUT2D eigenvalue weighted by Gasteiger charge is 2.11. The Morgan fingerprint density at radius 1 is 0.767 bits per heavy atom. The van der Waals surface area contributed by atoms with Crippen molar-refractivity contribution in [3.8, 4) is 0 Å². The summed E-state index contributed by atoms with van der Waals surface area (Å²) in [5, 5.41) is 1.18. The lowest BCUT2D eigenvalue weighted by molar-refractivity contribution is 0.0979. The van der Waals surface area contributed by atoms with Crippen LogP contribution in [0.3, 0.4) is 0 Å². The van der Waals surface area contributed by atoms with E-state index in [4.69, 9.17) is 0 Å². The molecule has 2 aromatic rings. The second kappa shape index (κ2) is 15.6. The van der Waals surface area contributed by atoms with Gasteiger partial charge in [0.15, 0.2) is 5.78 Å². The summed E-state index contributed by atoms with van der Waals surface area (Å²) in [6.07, 6.45) is 21.0. The van der Waals surface area contributed by atoms with Crippen molar-refractivity contribution in [2.45, 2.75) is 110 Å². The molecule has 0 spiro atoms. The molecule has 0 N–H and O–H groups in total. The molecular weight excluding hydrogens is 520 g/mol. The van der Waals surface area contributed by atoms with Gasteiger partial charge in [-0.2, -0.15) is 0 Å². The molecule has 0 amide bonds. The standard InChI is InChI=1S/C26H38Br2OS/c1-2-3-4-5-6-7-8-9-10-11-12-13-14-15-16-17-23(29)21-18-19-22-24(20-21)30-26(28)25(22)27/h18-20H,2-17H2,1H3. The molecule has 2 rings (SSSR count). The van der Waals surface area contributed by atoms with Crippen molar-refractivity contribution in [3.05, 3.63) is 32.0 Å². The molecule has 0 bridgehead atoms. The molecule has 168 valence electrons. The molecule has 0 aliphatic carbocycles. The van der Waals surface area contributed by atoms with Crippen LogP contribution in [0.5, 0.6) is 0 Å². The predicted octanol–water partition coefficient (Wildman–Crippen LogP) is 10.9. The number of thiophene rings is 1. The second-order valence-electron chi connectivity index (χ2n) is 8.52. The Kier molecular flexibility index (Phi) is 13.5. The van der Waals surface area contributed by atoms with Crippen LogP contribution in [0.2, 0.25) is 0 Å². The van der Waals surface area contributed by atoms with Crippen LogP contribution in [0.1, 0.15) is 120 Å². The number of hydrogen-bond donors (Lipinski definition) is 0. The summed E-state index contributed by atoms with van der Waals surface area (Å²) in [5.74, 6) is 0.284. The fourth-order valence-corrected chi connectivity index (χ4v) is 6.33. The van der Waals surface area contributed by atoms with Gasteiger partial charge in [0.25, 0.3) is 0 Å². The highest BCUT2D eigenvalue weighted by Crippen LogP contribution is 2.39. The molecule has 1 heterocycles. The van der Waals surface area contributed by atoms with Crippen molar-refractivity contribution in [2.24, 2.45) is 0 Å². The quantitative estimate of drug-likeness (QED) is 0.139. The van der Waals surface area contributed by atoms with E-state index in [0.717, 1.165) is 24.9 Å². The number of hydrogen-bond acceptors (Lipinski definition) is 2. The summed E-state index contributed by atoms with van der Waals surface area (Å²) in [6, 6.07) is 6.07. The zero-order chi connectivity index (χ0) is 21.6. The van der Waals surface area contributed by atoms with Crippen molar-refractivity contribution in [1.29, 1.82) is 0 Å². The molecule has 0 aliphatic rings. The van der Waals surface area contributed by atoms with Gasteiger partial charge in [-0.15, -0.1) is 11.3 Å². The minimum atomic E-state index is 0.284. The summed E-state index contributed by atoms with van der Waals surface area (Å²) in [6.45, 7) is 2.28. The van der Waals surface area contributed by atoms with Crippen LogP contribution in [0.25, 0.3) is 10.1 Å². The highest BCUT2D eigenvalue weighted by molar-refractivity contribution is 9.13. The maximum absolute atomic E-state index is 12.5. The van der Waals surface area contributed by atoms with Crippen LogP contribution in [-0.4, -0.2) is 5.78 Å². The fourth-order valence-electron chi connectivity index (χ4n) is 4.01. The van der Waals surface area contributed by atoms with Crippen molar-refractivity contribution >= 4 is 59.1 Å². The van der Waals surface area contributed by atoms with Crippen LogP contribution in [0.15, 0.2) is 26.5 Å². The van der Waals surface area contributed by atoms with Crippen LogP contribution in [-0.2, 0) is 0 Å². The Balaban J connectivity index is 1.45. The molecular formula is C26H38Br2OS. The van der Waals surface area contributed by atoms with Gasteiger partial charge in [-0.1, -0.05) is 109 Å².